The first-order valence-electron chi connectivity index (χ1n) is 7.62. The van der Waals surface area contributed by atoms with Crippen LogP contribution in [0.15, 0.2) is 0 Å². The summed E-state index contributed by atoms with van der Waals surface area (Å²) in [5, 5.41) is 0. The Kier molecular flexibility index (Phi) is 7.92. The number of unbranched alkanes of at least 4 members (excludes halogenated alkanes) is 3. The number of likely N-dealkylation sites (tertiary alicyclic amines) is 1. The Bertz CT molecular complexity index is 150. The third kappa shape index (κ3) is 5.34. The second kappa shape index (κ2) is 9.04. The molecule has 0 N–H and O–H groups in total. The van der Waals surface area contributed by atoms with Crippen molar-refractivity contribution in [1.82, 2.24) is 4.90 Å². The molecule has 1 saturated heterocycles. The largest absolute Gasteiger partial charge is 0.300 e. The molecule has 1 heteroatoms. The fourth-order valence-corrected chi connectivity index (χ4v) is 2.86. The molecule has 0 aromatic carbocycles. The van der Waals surface area contributed by atoms with Crippen LogP contribution < -0.4 is 0 Å². The van der Waals surface area contributed by atoms with Gasteiger partial charge >= 0.3 is 0 Å². The summed E-state index contributed by atoms with van der Waals surface area (Å²) in [6.07, 6.45) is 14.3. The van der Waals surface area contributed by atoms with Crippen molar-refractivity contribution in [2.45, 2.75) is 84.1 Å². The van der Waals surface area contributed by atoms with Crippen LogP contribution in [0.1, 0.15) is 78.1 Å². The second-order valence-corrected chi connectivity index (χ2v) is 5.39. The van der Waals surface area contributed by atoms with Gasteiger partial charge in [0, 0.05) is 6.04 Å². The molecule has 0 aromatic rings. The lowest BCUT2D eigenvalue weighted by molar-refractivity contribution is 0.143. The Labute approximate surface area is 103 Å². The third-order valence-corrected chi connectivity index (χ3v) is 3.94. The van der Waals surface area contributed by atoms with E-state index in [-0.39, 0.29) is 0 Å². The van der Waals surface area contributed by atoms with Gasteiger partial charge in [0.05, 0.1) is 0 Å². The molecule has 1 unspecified atom stereocenters. The number of hydrogen-bond acceptors (Lipinski definition) is 1. The van der Waals surface area contributed by atoms with Crippen LogP contribution in [-0.4, -0.2) is 24.0 Å². The molecule has 0 aliphatic carbocycles. The first-order valence-corrected chi connectivity index (χ1v) is 7.62. The van der Waals surface area contributed by atoms with Crippen molar-refractivity contribution in [2.75, 3.05) is 13.1 Å². The van der Waals surface area contributed by atoms with Crippen LogP contribution in [0, 0.1) is 0 Å². The summed E-state index contributed by atoms with van der Waals surface area (Å²) in [6.45, 7) is 7.38. The zero-order valence-electron chi connectivity index (χ0n) is 11.5. The van der Waals surface area contributed by atoms with Gasteiger partial charge in [-0.15, -0.1) is 0 Å². The average Bonchev–Trinajstić information content (AvgIpc) is 2.35. The summed E-state index contributed by atoms with van der Waals surface area (Å²) in [5.41, 5.74) is 0. The van der Waals surface area contributed by atoms with E-state index in [1.165, 1.54) is 77.3 Å². The minimum Gasteiger partial charge on any atom is -0.300 e. The minimum absolute atomic E-state index is 0.909. The van der Waals surface area contributed by atoms with Gasteiger partial charge in [-0.05, 0) is 38.8 Å². The van der Waals surface area contributed by atoms with Gasteiger partial charge in [0.1, 0.15) is 0 Å². The van der Waals surface area contributed by atoms with Gasteiger partial charge in [0.2, 0.25) is 0 Å². The Morgan fingerprint density at radius 1 is 0.812 bits per heavy atom. The van der Waals surface area contributed by atoms with Gasteiger partial charge in [-0.1, -0.05) is 52.4 Å². The van der Waals surface area contributed by atoms with Gasteiger partial charge in [-0.25, -0.2) is 0 Å². The first-order chi connectivity index (χ1) is 7.88. The molecule has 1 aliphatic rings. The molecule has 1 atom stereocenters. The van der Waals surface area contributed by atoms with E-state index in [9.17, 15) is 0 Å². The highest BCUT2D eigenvalue weighted by Gasteiger charge is 2.19. The number of piperidine rings is 1. The molecule has 0 aromatic heterocycles. The number of nitrogens with zero attached hydrogens (tertiary/aromatic N) is 1. The predicted molar refractivity (Wildman–Crippen MR) is 72.9 cm³/mol. The van der Waals surface area contributed by atoms with Crippen LogP contribution in [0.2, 0.25) is 0 Å². The molecule has 1 aliphatic heterocycles. The monoisotopic (exact) mass is 225 g/mol. The molecule has 0 radical (unpaired) electrons. The van der Waals surface area contributed by atoms with Gasteiger partial charge in [0.25, 0.3) is 0 Å². The summed E-state index contributed by atoms with van der Waals surface area (Å²) >= 11 is 0. The number of rotatable bonds is 8. The lowest BCUT2D eigenvalue weighted by Gasteiger charge is -2.34. The minimum atomic E-state index is 0.909. The van der Waals surface area contributed by atoms with Crippen LogP contribution >= 0.6 is 0 Å². The highest BCUT2D eigenvalue weighted by atomic mass is 15.2. The molecule has 1 fully saturated rings. The van der Waals surface area contributed by atoms with Crippen LogP contribution in [0.25, 0.3) is 0 Å². The Balaban J connectivity index is 2.28. The standard InChI is InChI=1S/C15H31N/c1-3-5-8-12-15(11-6-4-2)16-13-9-7-10-14-16/h15H,3-14H2,1-2H3. The lowest BCUT2D eigenvalue weighted by atomic mass is 9.98. The summed E-state index contributed by atoms with van der Waals surface area (Å²) in [7, 11) is 0. The quantitative estimate of drug-likeness (QED) is 0.545. The Morgan fingerprint density at radius 3 is 2.06 bits per heavy atom. The second-order valence-electron chi connectivity index (χ2n) is 5.39. The smallest absolute Gasteiger partial charge is 0.00952 e. The van der Waals surface area contributed by atoms with E-state index < -0.39 is 0 Å². The van der Waals surface area contributed by atoms with Crippen molar-refractivity contribution in [3.63, 3.8) is 0 Å². The summed E-state index contributed by atoms with van der Waals surface area (Å²) in [5.74, 6) is 0. The molecule has 0 saturated carbocycles. The Morgan fingerprint density at radius 2 is 1.44 bits per heavy atom. The number of hydrogen-bond donors (Lipinski definition) is 0. The molecule has 0 bridgehead atoms. The molecule has 1 heterocycles. The summed E-state index contributed by atoms with van der Waals surface area (Å²) in [6, 6.07) is 0.909. The van der Waals surface area contributed by atoms with Crippen molar-refractivity contribution in [2.24, 2.45) is 0 Å². The van der Waals surface area contributed by atoms with E-state index in [0.29, 0.717) is 0 Å². The summed E-state index contributed by atoms with van der Waals surface area (Å²) < 4.78 is 0. The van der Waals surface area contributed by atoms with Gasteiger partial charge < -0.3 is 4.90 Å². The highest BCUT2D eigenvalue weighted by Crippen LogP contribution is 2.20. The van der Waals surface area contributed by atoms with Crippen molar-refractivity contribution in [3.05, 3.63) is 0 Å². The zero-order valence-corrected chi connectivity index (χ0v) is 11.5. The molecule has 0 amide bonds. The van der Waals surface area contributed by atoms with E-state index in [2.05, 4.69) is 18.7 Å². The Hall–Kier alpha value is -0.0400. The van der Waals surface area contributed by atoms with E-state index >= 15 is 0 Å². The van der Waals surface area contributed by atoms with E-state index in [0.717, 1.165) is 6.04 Å². The van der Waals surface area contributed by atoms with Gasteiger partial charge in [-0.3, -0.25) is 0 Å². The van der Waals surface area contributed by atoms with Crippen molar-refractivity contribution in [3.8, 4) is 0 Å². The van der Waals surface area contributed by atoms with Crippen LogP contribution in [0.4, 0.5) is 0 Å². The first kappa shape index (κ1) is 14.0. The maximum Gasteiger partial charge on any atom is 0.00952 e. The average molecular weight is 225 g/mol. The van der Waals surface area contributed by atoms with Crippen LogP contribution in [0.5, 0.6) is 0 Å². The molecule has 1 nitrogen and oxygen atoms in total. The highest BCUT2D eigenvalue weighted by molar-refractivity contribution is 4.75. The fourth-order valence-electron chi connectivity index (χ4n) is 2.86. The van der Waals surface area contributed by atoms with Crippen molar-refractivity contribution >= 4 is 0 Å². The molecular formula is C15H31N. The van der Waals surface area contributed by atoms with E-state index in [1.54, 1.807) is 0 Å². The van der Waals surface area contributed by atoms with Crippen molar-refractivity contribution < 1.29 is 0 Å². The normalized spacial score (nSPS) is 19.9. The molecular weight excluding hydrogens is 194 g/mol. The van der Waals surface area contributed by atoms with Gasteiger partial charge in [-0.2, -0.15) is 0 Å². The maximum absolute atomic E-state index is 2.79. The molecule has 0 spiro atoms. The third-order valence-electron chi connectivity index (χ3n) is 3.94. The van der Waals surface area contributed by atoms with Crippen LogP contribution in [0.3, 0.4) is 0 Å². The van der Waals surface area contributed by atoms with Crippen molar-refractivity contribution in [1.29, 1.82) is 0 Å². The molecule has 16 heavy (non-hydrogen) atoms. The van der Waals surface area contributed by atoms with E-state index in [4.69, 9.17) is 0 Å². The lowest BCUT2D eigenvalue weighted by Crippen LogP contribution is -2.39. The molecule has 1 rings (SSSR count). The fraction of sp³-hybridized carbons (Fsp3) is 1.00. The predicted octanol–water partition coefficient (Wildman–Crippen LogP) is 4.61. The topological polar surface area (TPSA) is 3.24 Å². The summed E-state index contributed by atoms with van der Waals surface area (Å²) in [4.78, 5) is 2.79. The maximum atomic E-state index is 2.79. The SMILES string of the molecule is CCCCCC(CCCC)N1CCCCC1. The molecule has 96 valence electrons. The van der Waals surface area contributed by atoms with E-state index in [1.807, 2.05) is 0 Å². The van der Waals surface area contributed by atoms with Crippen LogP contribution in [-0.2, 0) is 0 Å². The zero-order chi connectivity index (χ0) is 11.6. The van der Waals surface area contributed by atoms with Gasteiger partial charge in [0.15, 0.2) is 0 Å².